The second-order valence-electron chi connectivity index (χ2n) is 5.04. The second-order valence-corrected chi connectivity index (χ2v) is 5.04. The predicted octanol–water partition coefficient (Wildman–Crippen LogP) is 2.80. The Labute approximate surface area is 114 Å². The number of hydrogen-bond acceptors (Lipinski definition) is 3. The van der Waals surface area contributed by atoms with Gasteiger partial charge in [-0.15, -0.1) is 0 Å². The molecule has 3 heteroatoms. The van der Waals surface area contributed by atoms with E-state index in [1.807, 2.05) is 13.0 Å². The third-order valence-corrected chi connectivity index (χ3v) is 3.54. The molecule has 0 radical (unpaired) electrons. The summed E-state index contributed by atoms with van der Waals surface area (Å²) in [6, 6.07) is 10.7. The number of ether oxygens (including phenoxy) is 1. The molecule has 0 aromatic heterocycles. The van der Waals surface area contributed by atoms with Gasteiger partial charge in [-0.05, 0) is 25.5 Å². The maximum absolute atomic E-state index is 11.8. The van der Waals surface area contributed by atoms with Crippen LogP contribution >= 0.6 is 0 Å². The molecule has 1 aromatic rings. The zero-order valence-electron chi connectivity index (χ0n) is 11.8. The van der Waals surface area contributed by atoms with Gasteiger partial charge in [0.25, 0.3) is 0 Å². The van der Waals surface area contributed by atoms with E-state index in [1.165, 1.54) is 5.56 Å². The predicted molar refractivity (Wildman–Crippen MR) is 75.7 cm³/mol. The molecular weight excluding hydrogens is 238 g/mol. The Hall–Kier alpha value is -1.61. The average Bonchev–Trinajstić information content (AvgIpc) is 2.39. The first-order valence-corrected chi connectivity index (χ1v) is 6.76. The van der Waals surface area contributed by atoms with Gasteiger partial charge in [0.05, 0.1) is 6.61 Å². The zero-order valence-corrected chi connectivity index (χ0v) is 11.8. The lowest BCUT2D eigenvalue weighted by molar-refractivity contribution is -0.139. The van der Waals surface area contributed by atoms with Crippen LogP contribution in [0.1, 0.15) is 25.5 Å². The molecule has 3 nitrogen and oxygen atoms in total. The largest absolute Gasteiger partial charge is 0.463 e. The summed E-state index contributed by atoms with van der Waals surface area (Å²) < 4.78 is 5.09. The lowest BCUT2D eigenvalue weighted by Gasteiger charge is -2.36. The van der Waals surface area contributed by atoms with Crippen LogP contribution in [0.15, 0.2) is 42.0 Å². The van der Waals surface area contributed by atoms with Gasteiger partial charge < -0.3 is 4.74 Å². The first-order valence-electron chi connectivity index (χ1n) is 6.76. The van der Waals surface area contributed by atoms with E-state index in [0.717, 1.165) is 5.57 Å². The number of rotatable bonds is 3. The molecule has 19 heavy (non-hydrogen) atoms. The molecule has 1 aliphatic heterocycles. The molecule has 1 aromatic carbocycles. The van der Waals surface area contributed by atoms with Crippen molar-refractivity contribution in [3.8, 4) is 0 Å². The number of carbonyl (C=O) groups excluding carboxylic acids is 1. The molecule has 0 N–H and O–H groups in total. The van der Waals surface area contributed by atoms with E-state index in [9.17, 15) is 4.79 Å². The molecule has 0 saturated heterocycles. The molecular formula is C16H21NO2. The Morgan fingerprint density at radius 1 is 1.37 bits per heavy atom. The molecule has 0 aliphatic carbocycles. The van der Waals surface area contributed by atoms with Crippen LogP contribution in [0.4, 0.5) is 0 Å². The van der Waals surface area contributed by atoms with E-state index in [2.05, 4.69) is 49.2 Å². The first kappa shape index (κ1) is 13.8. The lowest BCUT2D eigenvalue weighted by atomic mass is 9.88. The molecule has 0 amide bonds. The average molecular weight is 259 g/mol. The zero-order chi connectivity index (χ0) is 13.8. The van der Waals surface area contributed by atoms with Crippen LogP contribution in [0.5, 0.6) is 0 Å². The molecule has 102 valence electrons. The van der Waals surface area contributed by atoms with Crippen molar-refractivity contribution in [2.45, 2.75) is 19.9 Å². The lowest BCUT2D eigenvalue weighted by Crippen LogP contribution is -2.36. The van der Waals surface area contributed by atoms with Gasteiger partial charge in [0.1, 0.15) is 0 Å². The van der Waals surface area contributed by atoms with Gasteiger partial charge in [0.2, 0.25) is 0 Å². The number of benzene rings is 1. The Bertz CT molecular complexity index is 467. The van der Waals surface area contributed by atoms with E-state index in [-0.39, 0.29) is 5.97 Å². The molecule has 2 rings (SSSR count). The van der Waals surface area contributed by atoms with Crippen molar-refractivity contribution in [1.29, 1.82) is 0 Å². The van der Waals surface area contributed by atoms with Crippen molar-refractivity contribution in [1.82, 2.24) is 4.90 Å². The van der Waals surface area contributed by atoms with Crippen LogP contribution in [0.25, 0.3) is 0 Å². The van der Waals surface area contributed by atoms with Crippen LogP contribution in [0.3, 0.4) is 0 Å². The molecule has 0 spiro atoms. The van der Waals surface area contributed by atoms with Crippen LogP contribution in [-0.2, 0) is 9.53 Å². The van der Waals surface area contributed by atoms with E-state index in [0.29, 0.717) is 25.1 Å². The minimum atomic E-state index is -0.187. The summed E-state index contributed by atoms with van der Waals surface area (Å²) in [5.74, 6) is 0.105. The number of hydrogen-bond donors (Lipinski definition) is 0. The van der Waals surface area contributed by atoms with Crippen molar-refractivity contribution >= 4 is 5.97 Å². The third kappa shape index (κ3) is 3.04. The molecule has 0 bridgehead atoms. The molecule has 0 fully saturated rings. The fourth-order valence-corrected chi connectivity index (χ4v) is 2.79. The summed E-state index contributed by atoms with van der Waals surface area (Å²) in [5, 5.41) is 0. The van der Waals surface area contributed by atoms with Crippen molar-refractivity contribution in [2.24, 2.45) is 5.92 Å². The number of carbonyl (C=O) groups is 1. The Morgan fingerprint density at radius 2 is 2.05 bits per heavy atom. The van der Waals surface area contributed by atoms with Crippen molar-refractivity contribution in [3.05, 3.63) is 47.5 Å². The SMILES string of the molecule is CCOC(=O)C1=C[C@H](C)[C@@H](c2ccccc2)N(C)C1. The quantitative estimate of drug-likeness (QED) is 0.782. The molecule has 0 unspecified atom stereocenters. The van der Waals surface area contributed by atoms with Gasteiger partial charge >= 0.3 is 5.97 Å². The maximum atomic E-state index is 11.8. The van der Waals surface area contributed by atoms with Crippen LogP contribution in [0.2, 0.25) is 0 Å². The third-order valence-electron chi connectivity index (χ3n) is 3.54. The van der Waals surface area contributed by atoms with Gasteiger partial charge in [0.15, 0.2) is 0 Å². The number of likely N-dealkylation sites (N-methyl/N-ethyl adjacent to an activating group) is 1. The molecule has 1 heterocycles. The number of esters is 1. The van der Waals surface area contributed by atoms with Crippen molar-refractivity contribution in [2.75, 3.05) is 20.2 Å². The fourth-order valence-electron chi connectivity index (χ4n) is 2.79. The fraction of sp³-hybridized carbons (Fsp3) is 0.438. The number of nitrogens with zero attached hydrogens (tertiary/aromatic N) is 1. The monoisotopic (exact) mass is 259 g/mol. The molecule has 2 atom stereocenters. The van der Waals surface area contributed by atoms with E-state index < -0.39 is 0 Å². The topological polar surface area (TPSA) is 29.5 Å². The van der Waals surface area contributed by atoms with Gasteiger partial charge in [-0.1, -0.05) is 43.3 Å². The molecule has 1 aliphatic rings. The Morgan fingerprint density at radius 3 is 2.63 bits per heavy atom. The summed E-state index contributed by atoms with van der Waals surface area (Å²) in [5.41, 5.74) is 2.06. The van der Waals surface area contributed by atoms with Crippen molar-refractivity contribution in [3.63, 3.8) is 0 Å². The highest BCUT2D eigenvalue weighted by molar-refractivity contribution is 5.89. The Kier molecular flexibility index (Phi) is 4.38. The minimum Gasteiger partial charge on any atom is -0.463 e. The van der Waals surface area contributed by atoms with Crippen LogP contribution in [0, 0.1) is 5.92 Å². The van der Waals surface area contributed by atoms with Gasteiger partial charge in [-0.3, -0.25) is 4.90 Å². The normalized spacial score (nSPS) is 23.8. The summed E-state index contributed by atoms with van der Waals surface area (Å²) >= 11 is 0. The van der Waals surface area contributed by atoms with Crippen molar-refractivity contribution < 1.29 is 9.53 Å². The standard InChI is InChI=1S/C16H21NO2/c1-4-19-16(18)14-10-12(2)15(17(3)11-14)13-8-6-5-7-9-13/h5-10,12,15H,4,11H2,1-3H3/t12-,15-/m0/s1. The highest BCUT2D eigenvalue weighted by Gasteiger charge is 2.29. The van der Waals surface area contributed by atoms with Crippen LogP contribution < -0.4 is 0 Å². The molecule has 0 saturated carbocycles. The van der Waals surface area contributed by atoms with E-state index in [1.54, 1.807) is 0 Å². The Balaban J connectivity index is 2.21. The van der Waals surface area contributed by atoms with Gasteiger partial charge in [-0.2, -0.15) is 0 Å². The van der Waals surface area contributed by atoms with Gasteiger partial charge in [0, 0.05) is 18.2 Å². The second kappa shape index (κ2) is 6.02. The summed E-state index contributed by atoms with van der Waals surface area (Å²) in [4.78, 5) is 14.0. The van der Waals surface area contributed by atoms with E-state index in [4.69, 9.17) is 4.74 Å². The summed E-state index contributed by atoms with van der Waals surface area (Å²) in [6.45, 7) is 5.05. The summed E-state index contributed by atoms with van der Waals surface area (Å²) in [6.07, 6.45) is 2.05. The summed E-state index contributed by atoms with van der Waals surface area (Å²) in [7, 11) is 2.06. The maximum Gasteiger partial charge on any atom is 0.335 e. The highest BCUT2D eigenvalue weighted by atomic mass is 16.5. The minimum absolute atomic E-state index is 0.187. The van der Waals surface area contributed by atoms with Crippen LogP contribution in [-0.4, -0.2) is 31.1 Å². The van der Waals surface area contributed by atoms with E-state index >= 15 is 0 Å². The smallest absolute Gasteiger partial charge is 0.335 e. The van der Waals surface area contributed by atoms with Gasteiger partial charge in [-0.25, -0.2) is 4.79 Å². The first-order chi connectivity index (χ1) is 9.13. The highest BCUT2D eigenvalue weighted by Crippen LogP contribution is 2.33.